The number of rotatable bonds is 4. The lowest BCUT2D eigenvalue weighted by Gasteiger charge is -2.25. The van der Waals surface area contributed by atoms with Gasteiger partial charge >= 0.3 is 0 Å². The molecule has 0 atom stereocenters. The molecule has 0 radical (unpaired) electrons. The zero-order valence-corrected chi connectivity index (χ0v) is 17.2. The number of aromatic nitrogens is 1. The van der Waals surface area contributed by atoms with Gasteiger partial charge in [-0.2, -0.15) is 4.31 Å². The molecule has 1 fully saturated rings. The number of carbonyl (C=O) groups is 1. The van der Waals surface area contributed by atoms with Gasteiger partial charge in [0, 0.05) is 24.2 Å². The van der Waals surface area contributed by atoms with Crippen LogP contribution >= 0.6 is 11.6 Å². The molecule has 1 N–H and O–H groups in total. The second-order valence-corrected chi connectivity index (χ2v) is 9.28. The molecule has 150 valence electrons. The monoisotopic (exact) mass is 429 g/mol. The third kappa shape index (κ3) is 4.12. The summed E-state index contributed by atoms with van der Waals surface area (Å²) < 4.78 is 27.0. The normalized spacial score (nSPS) is 15.3. The van der Waals surface area contributed by atoms with Gasteiger partial charge in [-0.05, 0) is 49.2 Å². The fraction of sp³-hybridized carbons (Fsp3) is 0.238. The molecule has 1 saturated heterocycles. The molecular formula is C21H20ClN3O3S. The minimum absolute atomic E-state index is 0.231. The predicted molar refractivity (Wildman–Crippen MR) is 114 cm³/mol. The van der Waals surface area contributed by atoms with Crippen LogP contribution in [0, 0.1) is 0 Å². The molecule has 2 heterocycles. The van der Waals surface area contributed by atoms with Crippen LogP contribution in [0.5, 0.6) is 0 Å². The van der Waals surface area contributed by atoms with Crippen LogP contribution in [0.1, 0.15) is 29.6 Å². The molecule has 4 rings (SSSR count). The first-order valence-electron chi connectivity index (χ1n) is 9.42. The molecule has 1 aromatic heterocycles. The summed E-state index contributed by atoms with van der Waals surface area (Å²) in [4.78, 5) is 17.2. The minimum Gasteiger partial charge on any atom is -0.322 e. The highest BCUT2D eigenvalue weighted by Gasteiger charge is 2.25. The molecule has 0 aliphatic carbocycles. The standard InChI is InChI=1S/C21H20ClN3O3S/c22-20-14-18(17-6-2-3-7-19(17)24-20)21(26)23-15-8-10-16(11-9-15)29(27,28)25-12-4-1-5-13-25/h2-3,6-11,14H,1,4-5,12-13H2,(H,23,26). The van der Waals surface area contributed by atoms with Gasteiger partial charge in [0.05, 0.1) is 16.0 Å². The van der Waals surface area contributed by atoms with E-state index in [1.165, 1.54) is 22.5 Å². The minimum atomic E-state index is -3.50. The SMILES string of the molecule is O=C(Nc1ccc(S(=O)(=O)N2CCCCC2)cc1)c1cc(Cl)nc2ccccc12. The number of carbonyl (C=O) groups excluding carboxylic acids is 1. The van der Waals surface area contributed by atoms with Crippen LogP contribution in [-0.2, 0) is 10.0 Å². The van der Waals surface area contributed by atoms with Crippen molar-refractivity contribution in [3.8, 4) is 0 Å². The van der Waals surface area contributed by atoms with E-state index in [1.54, 1.807) is 18.2 Å². The summed E-state index contributed by atoms with van der Waals surface area (Å²) in [7, 11) is -3.50. The highest BCUT2D eigenvalue weighted by Crippen LogP contribution is 2.24. The number of halogens is 1. The van der Waals surface area contributed by atoms with Crippen molar-refractivity contribution in [2.24, 2.45) is 0 Å². The van der Waals surface area contributed by atoms with Gasteiger partial charge in [-0.25, -0.2) is 13.4 Å². The third-order valence-corrected chi connectivity index (χ3v) is 7.10. The summed E-state index contributed by atoms with van der Waals surface area (Å²) in [5, 5.41) is 3.73. The lowest BCUT2D eigenvalue weighted by Crippen LogP contribution is -2.35. The maximum absolute atomic E-state index is 12.8. The van der Waals surface area contributed by atoms with Crippen LogP contribution in [0.25, 0.3) is 10.9 Å². The fourth-order valence-electron chi connectivity index (χ4n) is 3.49. The van der Waals surface area contributed by atoms with Crippen LogP contribution in [-0.4, -0.2) is 36.7 Å². The van der Waals surface area contributed by atoms with E-state index in [1.807, 2.05) is 18.2 Å². The summed E-state index contributed by atoms with van der Waals surface area (Å²) in [6.07, 6.45) is 2.83. The molecule has 0 saturated carbocycles. The first-order valence-corrected chi connectivity index (χ1v) is 11.2. The largest absolute Gasteiger partial charge is 0.322 e. The van der Waals surface area contributed by atoms with Gasteiger partial charge in [-0.1, -0.05) is 36.2 Å². The second-order valence-electron chi connectivity index (χ2n) is 6.95. The maximum Gasteiger partial charge on any atom is 0.256 e. The summed E-state index contributed by atoms with van der Waals surface area (Å²) in [5.74, 6) is -0.336. The number of anilines is 1. The number of pyridine rings is 1. The van der Waals surface area contributed by atoms with E-state index in [-0.39, 0.29) is 16.0 Å². The fourth-order valence-corrected chi connectivity index (χ4v) is 5.21. The van der Waals surface area contributed by atoms with Gasteiger partial charge < -0.3 is 5.32 Å². The highest BCUT2D eigenvalue weighted by molar-refractivity contribution is 7.89. The van der Waals surface area contributed by atoms with Crippen LogP contribution in [0.2, 0.25) is 5.15 Å². The Balaban J connectivity index is 1.56. The number of fused-ring (bicyclic) bond motifs is 1. The number of benzene rings is 2. The summed E-state index contributed by atoms with van der Waals surface area (Å²) >= 11 is 6.05. The summed E-state index contributed by atoms with van der Waals surface area (Å²) in [5.41, 5.74) is 1.54. The number of amides is 1. The van der Waals surface area contributed by atoms with Crippen molar-refractivity contribution < 1.29 is 13.2 Å². The van der Waals surface area contributed by atoms with Crippen molar-refractivity contribution in [2.45, 2.75) is 24.2 Å². The first-order chi connectivity index (χ1) is 13.9. The van der Waals surface area contributed by atoms with E-state index >= 15 is 0 Å². The number of nitrogens with one attached hydrogen (secondary N) is 1. The Bertz CT molecular complexity index is 1160. The van der Waals surface area contributed by atoms with Gasteiger partial charge in [0.15, 0.2) is 0 Å². The van der Waals surface area contributed by atoms with Gasteiger partial charge in [0.1, 0.15) is 5.15 Å². The van der Waals surface area contributed by atoms with Crippen molar-refractivity contribution >= 4 is 44.1 Å². The smallest absolute Gasteiger partial charge is 0.256 e. The van der Waals surface area contributed by atoms with Crippen LogP contribution in [0.15, 0.2) is 59.5 Å². The lowest BCUT2D eigenvalue weighted by atomic mass is 10.1. The first kappa shape index (κ1) is 19.8. The highest BCUT2D eigenvalue weighted by atomic mass is 35.5. The quantitative estimate of drug-likeness (QED) is 0.626. The number of hydrogen-bond donors (Lipinski definition) is 1. The molecule has 8 heteroatoms. The Morgan fingerprint density at radius 1 is 1.00 bits per heavy atom. The second kappa shape index (κ2) is 8.10. The molecule has 3 aromatic rings. The molecule has 1 aliphatic rings. The van der Waals surface area contributed by atoms with E-state index in [0.29, 0.717) is 35.2 Å². The summed E-state index contributed by atoms with van der Waals surface area (Å²) in [6.45, 7) is 1.10. The topological polar surface area (TPSA) is 79.4 Å². The number of sulfonamides is 1. The molecule has 29 heavy (non-hydrogen) atoms. The lowest BCUT2D eigenvalue weighted by molar-refractivity contribution is 0.102. The van der Waals surface area contributed by atoms with E-state index in [0.717, 1.165) is 19.3 Å². The van der Waals surface area contributed by atoms with Gasteiger partial charge in [-0.3, -0.25) is 4.79 Å². The number of para-hydroxylation sites is 1. The Kier molecular flexibility index (Phi) is 5.54. The zero-order valence-electron chi connectivity index (χ0n) is 15.6. The third-order valence-electron chi connectivity index (χ3n) is 4.99. The Hall–Kier alpha value is -2.48. The molecule has 2 aromatic carbocycles. The molecule has 0 spiro atoms. The molecular weight excluding hydrogens is 410 g/mol. The maximum atomic E-state index is 12.8. The summed E-state index contributed by atoms with van der Waals surface area (Å²) in [6, 6.07) is 15.0. The van der Waals surface area contributed by atoms with E-state index in [2.05, 4.69) is 10.3 Å². The van der Waals surface area contributed by atoms with Crippen LogP contribution in [0.4, 0.5) is 5.69 Å². The van der Waals surface area contributed by atoms with Crippen molar-refractivity contribution in [1.82, 2.24) is 9.29 Å². The molecule has 1 aliphatic heterocycles. The van der Waals surface area contributed by atoms with Crippen molar-refractivity contribution in [3.63, 3.8) is 0 Å². The van der Waals surface area contributed by atoms with Crippen LogP contribution < -0.4 is 5.32 Å². The molecule has 6 nitrogen and oxygen atoms in total. The number of piperidine rings is 1. The number of hydrogen-bond acceptors (Lipinski definition) is 4. The van der Waals surface area contributed by atoms with E-state index < -0.39 is 10.0 Å². The average molecular weight is 430 g/mol. The molecule has 0 bridgehead atoms. The van der Waals surface area contributed by atoms with E-state index in [4.69, 9.17) is 11.6 Å². The van der Waals surface area contributed by atoms with Crippen molar-refractivity contribution in [2.75, 3.05) is 18.4 Å². The van der Waals surface area contributed by atoms with Gasteiger partial charge in [-0.15, -0.1) is 0 Å². The molecule has 1 amide bonds. The zero-order chi connectivity index (χ0) is 20.4. The Morgan fingerprint density at radius 3 is 2.41 bits per heavy atom. The van der Waals surface area contributed by atoms with Crippen LogP contribution in [0.3, 0.4) is 0 Å². The van der Waals surface area contributed by atoms with E-state index in [9.17, 15) is 13.2 Å². The van der Waals surface area contributed by atoms with Crippen molar-refractivity contribution in [3.05, 3.63) is 65.3 Å². The predicted octanol–water partition coefficient (Wildman–Crippen LogP) is 4.32. The Morgan fingerprint density at radius 2 is 1.69 bits per heavy atom. The number of nitrogens with zero attached hydrogens (tertiary/aromatic N) is 2. The Labute approximate surface area is 174 Å². The van der Waals surface area contributed by atoms with Gasteiger partial charge in [0.25, 0.3) is 5.91 Å². The van der Waals surface area contributed by atoms with Crippen molar-refractivity contribution in [1.29, 1.82) is 0 Å². The molecule has 0 unspecified atom stereocenters. The average Bonchev–Trinajstić information content (AvgIpc) is 2.74. The van der Waals surface area contributed by atoms with Gasteiger partial charge in [0.2, 0.25) is 10.0 Å².